The molecule has 126 valence electrons. The second-order valence-electron chi connectivity index (χ2n) is 6.30. The van der Waals surface area contributed by atoms with Crippen molar-refractivity contribution in [3.63, 3.8) is 0 Å². The van der Waals surface area contributed by atoms with Crippen LogP contribution in [0.1, 0.15) is 70.6 Å². The summed E-state index contributed by atoms with van der Waals surface area (Å²) in [5.74, 6) is -2.48. The summed E-state index contributed by atoms with van der Waals surface area (Å²) in [6, 6.07) is 0. The van der Waals surface area contributed by atoms with Gasteiger partial charge in [0.1, 0.15) is 5.69 Å². The van der Waals surface area contributed by atoms with Gasteiger partial charge in [-0.1, -0.05) is 19.3 Å². The van der Waals surface area contributed by atoms with Gasteiger partial charge in [0.15, 0.2) is 0 Å². The van der Waals surface area contributed by atoms with E-state index >= 15 is 0 Å². The van der Waals surface area contributed by atoms with Gasteiger partial charge in [0.05, 0.1) is 17.5 Å². The van der Waals surface area contributed by atoms with E-state index < -0.39 is 23.4 Å². The molecule has 0 radical (unpaired) electrons. The fourth-order valence-corrected chi connectivity index (χ4v) is 3.47. The molecule has 0 spiro atoms. The highest BCUT2D eigenvalue weighted by atomic mass is 16.4. The monoisotopic (exact) mass is 322 g/mol. The number of amides is 1. The molecular weight excluding hydrogens is 300 g/mol. The van der Waals surface area contributed by atoms with E-state index in [9.17, 15) is 19.5 Å². The largest absolute Gasteiger partial charge is 0.481 e. The summed E-state index contributed by atoms with van der Waals surface area (Å²) in [5, 5.41) is 21.2. The zero-order valence-electron chi connectivity index (χ0n) is 13.4. The SMILES string of the molecule is Cc1[nH]c(C(=O)NC2(CC(=O)O)CCCCC2)c(C)c1C(=O)O. The molecule has 0 bridgehead atoms. The van der Waals surface area contributed by atoms with E-state index in [2.05, 4.69) is 10.3 Å². The van der Waals surface area contributed by atoms with E-state index in [0.29, 0.717) is 24.1 Å². The molecule has 0 saturated heterocycles. The van der Waals surface area contributed by atoms with Crippen molar-refractivity contribution in [1.29, 1.82) is 0 Å². The maximum atomic E-state index is 12.6. The Hall–Kier alpha value is -2.31. The first kappa shape index (κ1) is 17.1. The Bertz CT molecular complexity index is 641. The Kier molecular flexibility index (Phi) is 4.77. The summed E-state index contributed by atoms with van der Waals surface area (Å²) in [6.45, 7) is 3.17. The van der Waals surface area contributed by atoms with E-state index in [-0.39, 0.29) is 17.7 Å². The lowest BCUT2D eigenvalue weighted by Crippen LogP contribution is -2.51. The Morgan fingerprint density at radius 1 is 1.13 bits per heavy atom. The van der Waals surface area contributed by atoms with Crippen molar-refractivity contribution in [2.75, 3.05) is 0 Å². The zero-order valence-corrected chi connectivity index (χ0v) is 13.4. The van der Waals surface area contributed by atoms with Crippen LogP contribution in [0.2, 0.25) is 0 Å². The standard InChI is InChI=1S/C16H22N2O5/c1-9-12(15(22)23)10(2)17-13(9)14(21)18-16(8-11(19)20)6-4-3-5-7-16/h17H,3-8H2,1-2H3,(H,18,21)(H,19,20)(H,22,23). The van der Waals surface area contributed by atoms with Gasteiger partial charge >= 0.3 is 11.9 Å². The number of aliphatic carboxylic acids is 1. The number of carboxylic acid groups (broad SMARTS) is 2. The molecule has 2 rings (SSSR count). The summed E-state index contributed by atoms with van der Waals surface area (Å²) < 4.78 is 0. The van der Waals surface area contributed by atoms with Gasteiger partial charge in [-0.25, -0.2) is 4.79 Å². The Labute approximate surface area is 134 Å². The molecule has 1 aliphatic carbocycles. The van der Waals surface area contributed by atoms with E-state index in [1.54, 1.807) is 13.8 Å². The topological polar surface area (TPSA) is 119 Å². The van der Waals surface area contributed by atoms with Crippen molar-refractivity contribution in [2.45, 2.75) is 57.9 Å². The Morgan fingerprint density at radius 3 is 2.22 bits per heavy atom. The molecule has 0 atom stereocenters. The molecule has 7 nitrogen and oxygen atoms in total. The maximum absolute atomic E-state index is 12.6. The van der Waals surface area contributed by atoms with Gasteiger partial charge in [0, 0.05) is 5.69 Å². The lowest BCUT2D eigenvalue weighted by atomic mass is 9.79. The number of hydrogen-bond acceptors (Lipinski definition) is 3. The summed E-state index contributed by atoms with van der Waals surface area (Å²) in [7, 11) is 0. The van der Waals surface area contributed by atoms with Crippen molar-refractivity contribution in [2.24, 2.45) is 0 Å². The van der Waals surface area contributed by atoms with Crippen LogP contribution in [0.4, 0.5) is 0 Å². The third kappa shape index (κ3) is 3.55. The molecule has 7 heteroatoms. The number of hydrogen-bond donors (Lipinski definition) is 4. The lowest BCUT2D eigenvalue weighted by Gasteiger charge is -2.37. The molecular formula is C16H22N2O5. The van der Waals surface area contributed by atoms with Crippen LogP contribution < -0.4 is 5.32 Å². The van der Waals surface area contributed by atoms with E-state index in [1.165, 1.54) is 0 Å². The number of aryl methyl sites for hydroxylation is 1. The number of aromatic amines is 1. The molecule has 23 heavy (non-hydrogen) atoms. The van der Waals surface area contributed by atoms with Gasteiger partial charge in [0.2, 0.25) is 0 Å². The van der Waals surface area contributed by atoms with Gasteiger partial charge < -0.3 is 20.5 Å². The molecule has 0 aromatic carbocycles. The third-order valence-electron chi connectivity index (χ3n) is 4.56. The summed E-state index contributed by atoms with van der Waals surface area (Å²) >= 11 is 0. The molecule has 1 aliphatic rings. The molecule has 4 N–H and O–H groups in total. The molecule has 0 aliphatic heterocycles. The number of aromatic nitrogens is 1. The minimum atomic E-state index is -1.09. The van der Waals surface area contributed by atoms with Crippen molar-refractivity contribution >= 4 is 17.8 Å². The first-order valence-electron chi connectivity index (χ1n) is 7.72. The fraction of sp³-hybridized carbons (Fsp3) is 0.562. The summed E-state index contributed by atoms with van der Waals surface area (Å²) in [6.07, 6.45) is 3.89. The van der Waals surface area contributed by atoms with Gasteiger partial charge in [-0.15, -0.1) is 0 Å². The molecule has 0 unspecified atom stereocenters. The summed E-state index contributed by atoms with van der Waals surface area (Å²) in [5.41, 5.74) is 0.307. The zero-order chi connectivity index (χ0) is 17.2. The van der Waals surface area contributed by atoms with E-state index in [4.69, 9.17) is 5.11 Å². The quantitative estimate of drug-likeness (QED) is 0.662. The number of carbonyl (C=O) groups excluding carboxylic acids is 1. The number of nitrogens with one attached hydrogen (secondary N) is 2. The lowest BCUT2D eigenvalue weighted by molar-refractivity contribution is -0.139. The number of rotatable bonds is 5. The normalized spacial score (nSPS) is 16.8. The molecule has 1 saturated carbocycles. The maximum Gasteiger partial charge on any atom is 0.337 e. The molecule has 1 aromatic rings. The number of aromatic carboxylic acids is 1. The highest BCUT2D eigenvalue weighted by molar-refractivity contribution is 6.00. The molecule has 1 aromatic heterocycles. The molecule has 1 amide bonds. The van der Waals surface area contributed by atoms with E-state index in [1.807, 2.05) is 0 Å². The van der Waals surface area contributed by atoms with Crippen molar-refractivity contribution in [3.8, 4) is 0 Å². The Morgan fingerprint density at radius 2 is 1.74 bits per heavy atom. The van der Waals surface area contributed by atoms with Crippen molar-refractivity contribution < 1.29 is 24.6 Å². The minimum Gasteiger partial charge on any atom is -0.481 e. The van der Waals surface area contributed by atoms with Crippen LogP contribution in [0.15, 0.2) is 0 Å². The highest BCUT2D eigenvalue weighted by Crippen LogP contribution is 2.32. The van der Waals surface area contributed by atoms with Crippen molar-refractivity contribution in [3.05, 3.63) is 22.5 Å². The first-order valence-corrected chi connectivity index (χ1v) is 7.72. The van der Waals surface area contributed by atoms with Gasteiger partial charge in [-0.05, 0) is 32.3 Å². The molecule has 1 fully saturated rings. The van der Waals surface area contributed by atoms with E-state index in [0.717, 1.165) is 19.3 Å². The average Bonchev–Trinajstić information content (AvgIpc) is 2.73. The third-order valence-corrected chi connectivity index (χ3v) is 4.56. The van der Waals surface area contributed by atoms with Gasteiger partial charge in [-0.2, -0.15) is 0 Å². The van der Waals surface area contributed by atoms with Crippen LogP contribution in [0.5, 0.6) is 0 Å². The first-order chi connectivity index (χ1) is 10.8. The van der Waals surface area contributed by atoms with Gasteiger partial charge in [-0.3, -0.25) is 9.59 Å². The van der Waals surface area contributed by atoms with Crippen LogP contribution in [0, 0.1) is 13.8 Å². The number of H-pyrrole nitrogens is 1. The van der Waals surface area contributed by atoms with Crippen LogP contribution in [0.25, 0.3) is 0 Å². The second-order valence-corrected chi connectivity index (χ2v) is 6.30. The van der Waals surface area contributed by atoms with Crippen molar-refractivity contribution in [1.82, 2.24) is 10.3 Å². The highest BCUT2D eigenvalue weighted by Gasteiger charge is 2.37. The number of carboxylic acids is 2. The smallest absolute Gasteiger partial charge is 0.337 e. The second kappa shape index (κ2) is 6.44. The van der Waals surface area contributed by atoms with Crippen LogP contribution >= 0.6 is 0 Å². The Balaban J connectivity index is 2.27. The van der Waals surface area contributed by atoms with Crippen LogP contribution in [-0.2, 0) is 4.79 Å². The average molecular weight is 322 g/mol. The van der Waals surface area contributed by atoms with Crippen LogP contribution in [-0.4, -0.2) is 38.6 Å². The number of carbonyl (C=O) groups is 3. The molecule has 1 heterocycles. The van der Waals surface area contributed by atoms with Gasteiger partial charge in [0.25, 0.3) is 5.91 Å². The minimum absolute atomic E-state index is 0.0890. The predicted molar refractivity (Wildman–Crippen MR) is 82.8 cm³/mol. The fourth-order valence-electron chi connectivity index (χ4n) is 3.47. The van der Waals surface area contributed by atoms with Crippen LogP contribution in [0.3, 0.4) is 0 Å². The summed E-state index contributed by atoms with van der Waals surface area (Å²) in [4.78, 5) is 37.8. The predicted octanol–water partition coefficient (Wildman–Crippen LogP) is 2.24.